The molecule has 8 rings (SSSR count). The van der Waals surface area contributed by atoms with Crippen molar-refractivity contribution in [3.63, 3.8) is 0 Å². The molecule has 0 aliphatic rings. The Morgan fingerprint density at radius 2 is 0.800 bits per heavy atom. The molecule has 1 heterocycles. The van der Waals surface area contributed by atoms with E-state index in [1.807, 2.05) is 0 Å². The average Bonchev–Trinajstić information content (AvgIpc) is 3.42. The number of aryl methyl sites for hydroxylation is 1. The van der Waals surface area contributed by atoms with Gasteiger partial charge in [-0.2, -0.15) is 0 Å². The molecule has 0 radical (unpaired) electrons. The Labute approximate surface area is 264 Å². The summed E-state index contributed by atoms with van der Waals surface area (Å²) >= 11 is 0. The van der Waals surface area contributed by atoms with Crippen molar-refractivity contribution in [2.75, 3.05) is 4.90 Å². The van der Waals surface area contributed by atoms with Gasteiger partial charge in [0.15, 0.2) is 0 Å². The highest BCUT2D eigenvalue weighted by atomic mass is 15.1. The minimum atomic E-state index is 1.12. The molecule has 1 aromatic heterocycles. The van der Waals surface area contributed by atoms with E-state index in [0.717, 1.165) is 17.1 Å². The second-order valence-corrected chi connectivity index (χ2v) is 11.5. The summed E-state index contributed by atoms with van der Waals surface area (Å²) in [6, 6.07) is 63.1. The van der Waals surface area contributed by atoms with E-state index in [0.29, 0.717) is 0 Å². The van der Waals surface area contributed by atoms with Gasteiger partial charge in [0.05, 0.1) is 5.52 Å². The Bertz CT molecular complexity index is 2230. The first-order chi connectivity index (χ1) is 22.2. The number of rotatable bonds is 6. The molecule has 0 amide bonds. The van der Waals surface area contributed by atoms with Gasteiger partial charge in [-0.05, 0) is 70.3 Å². The van der Waals surface area contributed by atoms with Crippen LogP contribution in [-0.4, -0.2) is 4.57 Å². The molecule has 214 valence electrons. The number of benzene rings is 7. The molecular formula is C43H32N2. The SMILES string of the molecule is Cn1c2ccccc2c2cccc(-c3ccc(-c4ccc(N(c5ccccc5)c5ccc(-c6ccccc6)cc5)cc4)cc3)c21. The summed E-state index contributed by atoms with van der Waals surface area (Å²) in [5, 5.41) is 2.59. The van der Waals surface area contributed by atoms with Crippen LogP contribution in [0.1, 0.15) is 0 Å². The third kappa shape index (κ3) is 4.87. The molecule has 0 unspecified atom stereocenters. The maximum absolute atomic E-state index is 2.32. The van der Waals surface area contributed by atoms with Crippen molar-refractivity contribution in [2.24, 2.45) is 7.05 Å². The number of fused-ring (bicyclic) bond motifs is 3. The lowest BCUT2D eigenvalue weighted by Gasteiger charge is -2.26. The summed E-state index contributed by atoms with van der Waals surface area (Å²) in [6.45, 7) is 0. The number of aromatic nitrogens is 1. The highest BCUT2D eigenvalue weighted by molar-refractivity contribution is 6.12. The molecule has 0 fully saturated rings. The molecule has 0 aliphatic heterocycles. The maximum Gasteiger partial charge on any atom is 0.0568 e. The second-order valence-electron chi connectivity index (χ2n) is 11.5. The van der Waals surface area contributed by atoms with Gasteiger partial charge in [0.1, 0.15) is 0 Å². The zero-order chi connectivity index (χ0) is 30.2. The van der Waals surface area contributed by atoms with Crippen molar-refractivity contribution >= 4 is 38.9 Å². The normalized spacial score (nSPS) is 11.2. The van der Waals surface area contributed by atoms with E-state index in [4.69, 9.17) is 0 Å². The number of para-hydroxylation sites is 3. The molecule has 0 atom stereocenters. The highest BCUT2D eigenvalue weighted by Crippen LogP contribution is 2.38. The van der Waals surface area contributed by atoms with Crippen molar-refractivity contribution in [1.29, 1.82) is 0 Å². The molecule has 0 spiro atoms. The fourth-order valence-corrected chi connectivity index (χ4v) is 6.57. The van der Waals surface area contributed by atoms with E-state index in [2.05, 4.69) is 192 Å². The molecule has 2 nitrogen and oxygen atoms in total. The first-order valence-electron chi connectivity index (χ1n) is 15.4. The zero-order valence-corrected chi connectivity index (χ0v) is 25.1. The Kier molecular flexibility index (Phi) is 6.73. The summed E-state index contributed by atoms with van der Waals surface area (Å²) in [5.74, 6) is 0. The Morgan fingerprint density at radius 1 is 0.356 bits per heavy atom. The predicted molar refractivity (Wildman–Crippen MR) is 191 cm³/mol. The Hall–Kier alpha value is -5.86. The number of hydrogen-bond acceptors (Lipinski definition) is 1. The van der Waals surface area contributed by atoms with Crippen LogP contribution in [0.4, 0.5) is 17.1 Å². The third-order valence-electron chi connectivity index (χ3n) is 8.83. The number of nitrogens with zero attached hydrogens (tertiary/aromatic N) is 2. The number of hydrogen-bond donors (Lipinski definition) is 0. The first kappa shape index (κ1) is 26.7. The van der Waals surface area contributed by atoms with E-state index >= 15 is 0 Å². The van der Waals surface area contributed by atoms with Crippen molar-refractivity contribution in [3.05, 3.63) is 176 Å². The minimum absolute atomic E-state index is 1.12. The lowest BCUT2D eigenvalue weighted by molar-refractivity contribution is 1.02. The fourth-order valence-electron chi connectivity index (χ4n) is 6.57. The van der Waals surface area contributed by atoms with Crippen LogP contribution in [0.15, 0.2) is 176 Å². The van der Waals surface area contributed by atoms with Gasteiger partial charge in [-0.15, -0.1) is 0 Å². The molecule has 7 aromatic carbocycles. The van der Waals surface area contributed by atoms with E-state index in [9.17, 15) is 0 Å². The van der Waals surface area contributed by atoms with E-state index in [-0.39, 0.29) is 0 Å². The first-order valence-corrected chi connectivity index (χ1v) is 15.4. The quantitative estimate of drug-likeness (QED) is 0.191. The summed E-state index contributed by atoms with van der Waals surface area (Å²) < 4.78 is 2.32. The highest BCUT2D eigenvalue weighted by Gasteiger charge is 2.14. The molecule has 2 heteroatoms. The van der Waals surface area contributed by atoms with Crippen LogP contribution in [0.25, 0.3) is 55.2 Å². The van der Waals surface area contributed by atoms with E-state index in [1.54, 1.807) is 0 Å². The molecule has 0 aliphatic carbocycles. The van der Waals surface area contributed by atoms with Crippen LogP contribution >= 0.6 is 0 Å². The topological polar surface area (TPSA) is 8.17 Å². The lowest BCUT2D eigenvalue weighted by atomic mass is 9.98. The van der Waals surface area contributed by atoms with Crippen molar-refractivity contribution in [3.8, 4) is 33.4 Å². The van der Waals surface area contributed by atoms with Gasteiger partial charge in [-0.1, -0.05) is 133 Å². The predicted octanol–water partition coefficient (Wildman–Crippen LogP) is 11.8. The van der Waals surface area contributed by atoms with E-state index in [1.165, 1.54) is 55.2 Å². The van der Waals surface area contributed by atoms with Crippen LogP contribution in [-0.2, 0) is 7.05 Å². The zero-order valence-electron chi connectivity index (χ0n) is 25.1. The van der Waals surface area contributed by atoms with Gasteiger partial charge in [-0.25, -0.2) is 0 Å². The second kappa shape index (κ2) is 11.3. The van der Waals surface area contributed by atoms with Crippen LogP contribution in [0.3, 0.4) is 0 Å². The van der Waals surface area contributed by atoms with Gasteiger partial charge in [0, 0.05) is 46.0 Å². The maximum atomic E-state index is 2.32. The lowest BCUT2D eigenvalue weighted by Crippen LogP contribution is -2.09. The molecule has 0 saturated carbocycles. The third-order valence-corrected chi connectivity index (χ3v) is 8.83. The van der Waals surface area contributed by atoms with Crippen molar-refractivity contribution < 1.29 is 0 Å². The van der Waals surface area contributed by atoms with Crippen molar-refractivity contribution in [2.45, 2.75) is 0 Å². The van der Waals surface area contributed by atoms with Crippen LogP contribution in [0, 0.1) is 0 Å². The standard InChI is InChI=1S/C43H32N2/c1-44-42-18-9-8-15-40(42)41-17-10-16-39(43(41)44)35-21-19-32(20-22-35)34-25-29-38(30-26-34)45(36-13-6-3-7-14-36)37-27-23-33(24-28-37)31-11-4-2-5-12-31/h2-30H,1H3. The van der Waals surface area contributed by atoms with E-state index < -0.39 is 0 Å². The molecular weight excluding hydrogens is 544 g/mol. The molecule has 0 N–H and O–H groups in total. The smallest absolute Gasteiger partial charge is 0.0568 e. The van der Waals surface area contributed by atoms with Gasteiger partial charge in [0.2, 0.25) is 0 Å². The summed E-state index contributed by atoms with van der Waals surface area (Å²) in [5.41, 5.74) is 13.2. The number of anilines is 3. The summed E-state index contributed by atoms with van der Waals surface area (Å²) in [6.07, 6.45) is 0. The van der Waals surface area contributed by atoms with Crippen molar-refractivity contribution in [1.82, 2.24) is 4.57 Å². The minimum Gasteiger partial charge on any atom is -0.343 e. The van der Waals surface area contributed by atoms with Gasteiger partial charge in [0.25, 0.3) is 0 Å². The summed E-state index contributed by atoms with van der Waals surface area (Å²) in [4.78, 5) is 2.31. The van der Waals surface area contributed by atoms with Gasteiger partial charge >= 0.3 is 0 Å². The van der Waals surface area contributed by atoms with Crippen LogP contribution in [0.5, 0.6) is 0 Å². The summed E-state index contributed by atoms with van der Waals surface area (Å²) in [7, 11) is 2.17. The molecule has 0 bridgehead atoms. The Balaban J connectivity index is 1.11. The largest absolute Gasteiger partial charge is 0.343 e. The monoisotopic (exact) mass is 576 g/mol. The van der Waals surface area contributed by atoms with Crippen LogP contribution in [0.2, 0.25) is 0 Å². The van der Waals surface area contributed by atoms with Gasteiger partial charge < -0.3 is 9.47 Å². The molecule has 0 saturated heterocycles. The Morgan fingerprint density at radius 3 is 1.42 bits per heavy atom. The molecule has 45 heavy (non-hydrogen) atoms. The van der Waals surface area contributed by atoms with Crippen LogP contribution < -0.4 is 4.90 Å². The average molecular weight is 577 g/mol. The fraction of sp³-hybridized carbons (Fsp3) is 0.0233. The molecule has 8 aromatic rings. The van der Waals surface area contributed by atoms with Gasteiger partial charge in [-0.3, -0.25) is 0 Å².